The summed E-state index contributed by atoms with van der Waals surface area (Å²) in [6.45, 7) is 3.94. The van der Waals surface area contributed by atoms with Gasteiger partial charge in [-0.2, -0.15) is 0 Å². The topological polar surface area (TPSA) is 47.5 Å². The van der Waals surface area contributed by atoms with Gasteiger partial charge in [0.15, 0.2) is 0 Å². The Morgan fingerprint density at radius 2 is 2.18 bits per heavy atom. The summed E-state index contributed by atoms with van der Waals surface area (Å²) in [5.41, 5.74) is 1.16. The van der Waals surface area contributed by atoms with Crippen molar-refractivity contribution in [2.45, 2.75) is 19.9 Å². The molecular formula is C13H14N2O2. The number of nitrogens with zero attached hydrogens (tertiary/aromatic N) is 2. The summed E-state index contributed by atoms with van der Waals surface area (Å²) in [5.74, 6) is -0.140. The first-order chi connectivity index (χ1) is 8.18. The molecule has 2 heterocycles. The molecule has 2 aromatic rings. The van der Waals surface area contributed by atoms with E-state index in [0.29, 0.717) is 11.1 Å². The lowest BCUT2D eigenvalue weighted by molar-refractivity contribution is 0.0954. The SMILES string of the molecule is CC(C)N=c1ccccn1C(=O)c1ccoc1. The Hall–Kier alpha value is -2.10. The van der Waals surface area contributed by atoms with Crippen LogP contribution in [0.1, 0.15) is 24.2 Å². The third kappa shape index (κ3) is 2.53. The molecule has 0 aliphatic rings. The van der Waals surface area contributed by atoms with Crippen LogP contribution < -0.4 is 5.49 Å². The molecule has 2 rings (SSSR count). The fraction of sp³-hybridized carbons (Fsp3) is 0.231. The largest absolute Gasteiger partial charge is 0.472 e. The highest BCUT2D eigenvalue weighted by Crippen LogP contribution is 2.02. The van der Waals surface area contributed by atoms with E-state index >= 15 is 0 Å². The maximum Gasteiger partial charge on any atom is 0.266 e. The van der Waals surface area contributed by atoms with E-state index in [2.05, 4.69) is 4.99 Å². The van der Waals surface area contributed by atoms with Crippen LogP contribution in [0.5, 0.6) is 0 Å². The molecule has 0 aliphatic heterocycles. The summed E-state index contributed by atoms with van der Waals surface area (Å²) in [7, 11) is 0. The fourth-order valence-corrected chi connectivity index (χ4v) is 1.50. The van der Waals surface area contributed by atoms with Crippen molar-refractivity contribution in [2.24, 2.45) is 4.99 Å². The Kier molecular flexibility index (Phi) is 3.23. The maximum absolute atomic E-state index is 12.2. The molecule has 0 aliphatic carbocycles. The van der Waals surface area contributed by atoms with Crippen LogP contribution in [0.25, 0.3) is 0 Å². The van der Waals surface area contributed by atoms with Gasteiger partial charge in [-0.25, -0.2) is 0 Å². The zero-order chi connectivity index (χ0) is 12.3. The normalized spacial score (nSPS) is 12.1. The lowest BCUT2D eigenvalue weighted by Gasteiger charge is -2.05. The Balaban J connectivity index is 2.50. The molecule has 0 saturated carbocycles. The predicted octanol–water partition coefficient (Wildman–Crippen LogP) is 2.08. The van der Waals surface area contributed by atoms with E-state index < -0.39 is 0 Å². The number of aromatic nitrogens is 1. The third-order valence-electron chi connectivity index (χ3n) is 2.22. The van der Waals surface area contributed by atoms with E-state index in [1.165, 1.54) is 17.1 Å². The minimum Gasteiger partial charge on any atom is -0.472 e. The van der Waals surface area contributed by atoms with E-state index in [1.54, 1.807) is 18.3 Å². The average molecular weight is 230 g/mol. The summed E-state index contributed by atoms with van der Waals surface area (Å²) in [4.78, 5) is 16.6. The molecule has 0 radical (unpaired) electrons. The molecule has 0 aromatic carbocycles. The van der Waals surface area contributed by atoms with Gasteiger partial charge in [0.05, 0.1) is 11.8 Å². The Morgan fingerprint density at radius 3 is 2.82 bits per heavy atom. The lowest BCUT2D eigenvalue weighted by atomic mass is 10.3. The first kappa shape index (κ1) is 11.4. The number of rotatable bonds is 2. The van der Waals surface area contributed by atoms with Crippen LogP contribution >= 0.6 is 0 Å². The lowest BCUT2D eigenvalue weighted by Crippen LogP contribution is -2.27. The predicted molar refractivity (Wildman–Crippen MR) is 63.6 cm³/mol. The van der Waals surface area contributed by atoms with Crippen molar-refractivity contribution in [3.8, 4) is 0 Å². The van der Waals surface area contributed by atoms with Crippen LogP contribution in [0.3, 0.4) is 0 Å². The zero-order valence-electron chi connectivity index (χ0n) is 9.83. The summed E-state index contributed by atoms with van der Waals surface area (Å²) in [6.07, 6.45) is 4.62. The van der Waals surface area contributed by atoms with Crippen LogP contribution in [0, 0.1) is 0 Å². The second-order valence-electron chi connectivity index (χ2n) is 3.97. The number of carbonyl (C=O) groups excluding carboxylic acids is 1. The Bertz CT molecular complexity index is 565. The molecule has 4 heteroatoms. The molecule has 0 saturated heterocycles. The van der Waals surface area contributed by atoms with Crippen molar-refractivity contribution in [1.29, 1.82) is 0 Å². The van der Waals surface area contributed by atoms with Crippen LogP contribution in [-0.2, 0) is 0 Å². The summed E-state index contributed by atoms with van der Waals surface area (Å²) in [5, 5.41) is 0. The molecule has 4 nitrogen and oxygen atoms in total. The number of hydrogen-bond donors (Lipinski definition) is 0. The van der Waals surface area contributed by atoms with E-state index in [-0.39, 0.29) is 11.9 Å². The zero-order valence-corrected chi connectivity index (χ0v) is 9.83. The van der Waals surface area contributed by atoms with Gasteiger partial charge in [-0.3, -0.25) is 14.4 Å². The molecule has 0 spiro atoms. The van der Waals surface area contributed by atoms with Gasteiger partial charge in [-0.1, -0.05) is 6.07 Å². The van der Waals surface area contributed by atoms with Crippen LogP contribution in [-0.4, -0.2) is 16.5 Å². The van der Waals surface area contributed by atoms with Crippen molar-refractivity contribution in [2.75, 3.05) is 0 Å². The summed E-state index contributed by atoms with van der Waals surface area (Å²) < 4.78 is 6.43. The van der Waals surface area contributed by atoms with E-state index in [9.17, 15) is 4.79 Å². The van der Waals surface area contributed by atoms with Gasteiger partial charge in [-0.05, 0) is 32.0 Å². The highest BCUT2D eigenvalue weighted by molar-refractivity contribution is 5.95. The first-order valence-corrected chi connectivity index (χ1v) is 5.47. The van der Waals surface area contributed by atoms with Gasteiger partial charge in [0.25, 0.3) is 5.91 Å². The van der Waals surface area contributed by atoms with Crippen molar-refractivity contribution >= 4 is 5.91 Å². The van der Waals surface area contributed by atoms with Crippen LogP contribution in [0.2, 0.25) is 0 Å². The molecule has 0 fully saturated rings. The third-order valence-corrected chi connectivity index (χ3v) is 2.22. The average Bonchev–Trinajstić information content (AvgIpc) is 2.81. The van der Waals surface area contributed by atoms with Gasteiger partial charge < -0.3 is 4.42 Å². The molecule has 0 bridgehead atoms. The minimum atomic E-state index is -0.140. The van der Waals surface area contributed by atoms with Crippen molar-refractivity contribution < 1.29 is 9.21 Å². The first-order valence-electron chi connectivity index (χ1n) is 5.47. The van der Waals surface area contributed by atoms with E-state index in [0.717, 1.165) is 0 Å². The molecule has 0 amide bonds. The van der Waals surface area contributed by atoms with Crippen molar-refractivity contribution in [3.63, 3.8) is 0 Å². The molecule has 0 N–H and O–H groups in total. The van der Waals surface area contributed by atoms with Crippen LogP contribution in [0.4, 0.5) is 0 Å². The van der Waals surface area contributed by atoms with Crippen molar-refractivity contribution in [3.05, 3.63) is 54.0 Å². The molecule has 17 heavy (non-hydrogen) atoms. The number of pyridine rings is 1. The maximum atomic E-state index is 12.2. The number of carbonyl (C=O) groups is 1. The second kappa shape index (κ2) is 4.82. The quantitative estimate of drug-likeness (QED) is 0.793. The molecule has 2 aromatic heterocycles. The van der Waals surface area contributed by atoms with Crippen molar-refractivity contribution in [1.82, 2.24) is 4.57 Å². The number of furan rings is 1. The number of hydrogen-bond acceptors (Lipinski definition) is 3. The van der Waals surface area contributed by atoms with Gasteiger partial charge in [0.1, 0.15) is 11.8 Å². The highest BCUT2D eigenvalue weighted by atomic mass is 16.3. The highest BCUT2D eigenvalue weighted by Gasteiger charge is 2.09. The summed E-state index contributed by atoms with van der Waals surface area (Å²) in [6, 6.07) is 7.26. The monoisotopic (exact) mass is 230 g/mol. The van der Waals surface area contributed by atoms with Gasteiger partial charge >= 0.3 is 0 Å². The Labute approximate surface area is 99.2 Å². The summed E-state index contributed by atoms with van der Waals surface area (Å²) >= 11 is 0. The molecule has 0 atom stereocenters. The van der Waals surface area contributed by atoms with Crippen LogP contribution in [0.15, 0.2) is 52.4 Å². The Morgan fingerprint density at radius 1 is 1.35 bits per heavy atom. The molecule has 88 valence electrons. The minimum absolute atomic E-state index is 0.140. The van der Waals surface area contributed by atoms with E-state index in [4.69, 9.17) is 4.42 Å². The molecule has 0 unspecified atom stereocenters. The molecular weight excluding hydrogens is 216 g/mol. The van der Waals surface area contributed by atoms with Gasteiger partial charge in [0.2, 0.25) is 0 Å². The van der Waals surface area contributed by atoms with E-state index in [1.807, 2.05) is 26.0 Å². The van der Waals surface area contributed by atoms with Gasteiger partial charge in [-0.15, -0.1) is 0 Å². The standard InChI is InChI=1S/C13H14N2O2/c1-10(2)14-12-5-3-4-7-15(12)13(16)11-6-8-17-9-11/h3-10H,1-2H3. The second-order valence-corrected chi connectivity index (χ2v) is 3.97. The van der Waals surface area contributed by atoms with Gasteiger partial charge in [0, 0.05) is 12.2 Å². The smallest absolute Gasteiger partial charge is 0.266 e. The fourth-order valence-electron chi connectivity index (χ4n) is 1.50.